The molecule has 2 atom stereocenters. The fourth-order valence-electron chi connectivity index (χ4n) is 3.00. The van der Waals surface area contributed by atoms with Crippen LogP contribution < -0.4 is 10.1 Å². The summed E-state index contributed by atoms with van der Waals surface area (Å²) in [5.41, 5.74) is 1.17. The third-order valence-electron chi connectivity index (χ3n) is 4.71. The Kier molecular flexibility index (Phi) is 7.62. The first-order chi connectivity index (χ1) is 14.9. The number of carbonyl (C=O) groups excluding carboxylic acids is 2. The molecule has 1 heterocycles. The van der Waals surface area contributed by atoms with Gasteiger partial charge in [0.25, 0.3) is 0 Å². The van der Waals surface area contributed by atoms with Crippen LogP contribution in [-0.2, 0) is 9.59 Å². The minimum absolute atomic E-state index is 0.0194. The molecule has 2 aromatic carbocycles. The fourth-order valence-corrected chi connectivity index (χ4v) is 4.24. The third-order valence-corrected chi connectivity index (χ3v) is 5.86. The quantitative estimate of drug-likeness (QED) is 0.615. The SMILES string of the molecule is CCC(C)N1C(=O)C(CC(=O)Nc2ccccc2)SC1=Nc1ccc(OC(F)F)cc1. The van der Waals surface area contributed by atoms with Crippen LogP contribution in [0.15, 0.2) is 59.6 Å². The maximum atomic E-state index is 13.0. The zero-order chi connectivity index (χ0) is 22.4. The Hall–Kier alpha value is -2.94. The Bertz CT molecular complexity index is 939. The van der Waals surface area contributed by atoms with Crippen LogP contribution >= 0.6 is 11.8 Å². The largest absolute Gasteiger partial charge is 0.435 e. The Labute approximate surface area is 183 Å². The molecule has 164 valence electrons. The molecule has 0 aromatic heterocycles. The van der Waals surface area contributed by atoms with E-state index in [4.69, 9.17) is 0 Å². The lowest BCUT2D eigenvalue weighted by Gasteiger charge is -2.23. The van der Waals surface area contributed by atoms with Gasteiger partial charge in [-0.05, 0) is 49.7 Å². The van der Waals surface area contributed by atoms with Crippen molar-refractivity contribution in [3.05, 3.63) is 54.6 Å². The average Bonchev–Trinajstić information content (AvgIpc) is 3.03. The minimum atomic E-state index is -2.90. The van der Waals surface area contributed by atoms with E-state index < -0.39 is 11.9 Å². The van der Waals surface area contributed by atoms with Gasteiger partial charge in [-0.3, -0.25) is 14.5 Å². The molecule has 0 saturated carbocycles. The molecule has 0 spiro atoms. The van der Waals surface area contributed by atoms with Crippen LogP contribution in [-0.4, -0.2) is 39.8 Å². The van der Waals surface area contributed by atoms with Crippen molar-refractivity contribution < 1.29 is 23.1 Å². The van der Waals surface area contributed by atoms with Gasteiger partial charge in [0.1, 0.15) is 11.0 Å². The minimum Gasteiger partial charge on any atom is -0.435 e. The second kappa shape index (κ2) is 10.4. The summed E-state index contributed by atoms with van der Waals surface area (Å²) in [5, 5.41) is 2.70. The fraction of sp³-hybridized carbons (Fsp3) is 0.318. The van der Waals surface area contributed by atoms with E-state index in [9.17, 15) is 18.4 Å². The van der Waals surface area contributed by atoms with Crippen LogP contribution in [0.25, 0.3) is 0 Å². The van der Waals surface area contributed by atoms with Gasteiger partial charge in [-0.15, -0.1) is 0 Å². The lowest BCUT2D eigenvalue weighted by Crippen LogP contribution is -2.39. The molecule has 1 fully saturated rings. The van der Waals surface area contributed by atoms with Crippen LogP contribution in [0.1, 0.15) is 26.7 Å². The topological polar surface area (TPSA) is 71.0 Å². The monoisotopic (exact) mass is 447 g/mol. The van der Waals surface area contributed by atoms with Crippen molar-refractivity contribution in [1.29, 1.82) is 0 Å². The number of para-hydroxylation sites is 1. The molecule has 9 heteroatoms. The van der Waals surface area contributed by atoms with Gasteiger partial charge in [0.2, 0.25) is 11.8 Å². The molecule has 1 aliphatic heterocycles. The van der Waals surface area contributed by atoms with Crippen molar-refractivity contribution in [1.82, 2.24) is 4.90 Å². The number of aliphatic imine (C=N–C) groups is 1. The van der Waals surface area contributed by atoms with Crippen molar-refractivity contribution in [3.63, 3.8) is 0 Å². The number of benzene rings is 2. The summed E-state index contributed by atoms with van der Waals surface area (Å²) in [7, 11) is 0. The third kappa shape index (κ3) is 6.04. The first-order valence-electron chi connectivity index (χ1n) is 9.85. The van der Waals surface area contributed by atoms with E-state index in [-0.39, 0.29) is 30.0 Å². The van der Waals surface area contributed by atoms with Crippen LogP contribution in [0.5, 0.6) is 5.75 Å². The number of halogens is 2. The highest BCUT2D eigenvalue weighted by Gasteiger charge is 2.41. The molecule has 3 rings (SSSR count). The van der Waals surface area contributed by atoms with Crippen LogP contribution in [0.4, 0.5) is 20.2 Å². The maximum Gasteiger partial charge on any atom is 0.387 e. The van der Waals surface area contributed by atoms with Gasteiger partial charge in [0.05, 0.1) is 5.69 Å². The predicted octanol–water partition coefficient (Wildman–Crippen LogP) is 5.05. The molecule has 1 N–H and O–H groups in total. The standard InChI is InChI=1S/C22H23F2N3O3S/c1-3-14(2)27-20(29)18(13-19(28)25-15-7-5-4-6-8-15)31-22(27)26-16-9-11-17(12-10-16)30-21(23)24/h4-12,14,18,21H,3,13H2,1-2H3,(H,25,28). The molecule has 0 radical (unpaired) electrons. The van der Waals surface area contributed by atoms with Crippen LogP contribution in [0.3, 0.4) is 0 Å². The maximum absolute atomic E-state index is 13.0. The number of carbonyl (C=O) groups is 2. The molecule has 2 aromatic rings. The number of alkyl halides is 2. The average molecular weight is 448 g/mol. The summed E-state index contributed by atoms with van der Waals surface area (Å²) >= 11 is 1.23. The predicted molar refractivity (Wildman–Crippen MR) is 118 cm³/mol. The van der Waals surface area contributed by atoms with Gasteiger partial charge in [0.15, 0.2) is 5.17 Å². The van der Waals surface area contributed by atoms with E-state index >= 15 is 0 Å². The number of hydrogen-bond acceptors (Lipinski definition) is 5. The second-order valence-corrected chi connectivity index (χ2v) is 8.13. The number of hydrogen-bond donors (Lipinski definition) is 1. The molecule has 31 heavy (non-hydrogen) atoms. The van der Waals surface area contributed by atoms with Gasteiger partial charge in [0, 0.05) is 18.2 Å². The molecule has 0 aliphatic carbocycles. The molecule has 6 nitrogen and oxygen atoms in total. The number of thioether (sulfide) groups is 1. The number of nitrogens with one attached hydrogen (secondary N) is 1. The summed E-state index contributed by atoms with van der Waals surface area (Å²) < 4.78 is 29.0. The molecule has 0 bridgehead atoms. The second-order valence-electron chi connectivity index (χ2n) is 6.96. The van der Waals surface area contributed by atoms with Crippen molar-refractivity contribution in [2.45, 2.75) is 44.6 Å². The van der Waals surface area contributed by atoms with Crippen molar-refractivity contribution in [2.75, 3.05) is 5.32 Å². The normalized spacial score (nSPS) is 18.5. The van der Waals surface area contributed by atoms with Crippen molar-refractivity contribution >= 4 is 40.1 Å². The summed E-state index contributed by atoms with van der Waals surface area (Å²) in [6.07, 6.45) is 0.737. The van der Waals surface area contributed by atoms with E-state index in [0.717, 1.165) is 6.42 Å². The zero-order valence-corrected chi connectivity index (χ0v) is 17.9. The van der Waals surface area contributed by atoms with Gasteiger partial charge in [-0.2, -0.15) is 8.78 Å². The Morgan fingerprint density at radius 2 is 1.87 bits per heavy atom. The molecular formula is C22H23F2N3O3S. The van der Waals surface area contributed by atoms with E-state index in [1.54, 1.807) is 29.2 Å². The highest BCUT2D eigenvalue weighted by Crippen LogP contribution is 2.34. The highest BCUT2D eigenvalue weighted by atomic mass is 32.2. The first kappa shape index (κ1) is 22.7. The lowest BCUT2D eigenvalue weighted by atomic mass is 10.2. The lowest BCUT2D eigenvalue weighted by molar-refractivity contribution is -0.129. The number of ether oxygens (including phenoxy) is 1. The van der Waals surface area contributed by atoms with E-state index in [1.165, 1.54) is 23.9 Å². The van der Waals surface area contributed by atoms with Crippen LogP contribution in [0, 0.1) is 0 Å². The summed E-state index contributed by atoms with van der Waals surface area (Å²) in [6.45, 7) is 0.982. The molecule has 1 aliphatic rings. The summed E-state index contributed by atoms with van der Waals surface area (Å²) in [5.74, 6) is -0.391. The Morgan fingerprint density at radius 1 is 1.19 bits per heavy atom. The van der Waals surface area contributed by atoms with Gasteiger partial charge in [-0.1, -0.05) is 36.9 Å². The van der Waals surface area contributed by atoms with Gasteiger partial charge >= 0.3 is 6.61 Å². The van der Waals surface area contributed by atoms with Gasteiger partial charge < -0.3 is 10.1 Å². The smallest absolute Gasteiger partial charge is 0.387 e. The number of anilines is 1. The van der Waals surface area contributed by atoms with E-state index in [1.807, 2.05) is 32.0 Å². The first-order valence-corrected chi connectivity index (χ1v) is 10.7. The van der Waals surface area contributed by atoms with E-state index in [2.05, 4.69) is 15.0 Å². The Morgan fingerprint density at radius 3 is 2.48 bits per heavy atom. The Balaban J connectivity index is 1.75. The number of amides is 2. The highest BCUT2D eigenvalue weighted by molar-refractivity contribution is 8.15. The summed E-state index contributed by atoms with van der Waals surface area (Å²) in [4.78, 5) is 31.6. The molecule has 2 unspecified atom stereocenters. The van der Waals surface area contributed by atoms with Crippen molar-refractivity contribution in [3.8, 4) is 5.75 Å². The molecular weight excluding hydrogens is 424 g/mol. The van der Waals surface area contributed by atoms with Gasteiger partial charge in [-0.25, -0.2) is 4.99 Å². The number of amidine groups is 1. The molecule has 2 amide bonds. The number of nitrogens with zero attached hydrogens (tertiary/aromatic N) is 2. The van der Waals surface area contributed by atoms with E-state index in [0.29, 0.717) is 16.5 Å². The zero-order valence-electron chi connectivity index (χ0n) is 17.1. The molecule has 1 saturated heterocycles. The summed E-state index contributed by atoms with van der Waals surface area (Å²) in [6, 6.07) is 14.8. The van der Waals surface area contributed by atoms with Crippen LogP contribution in [0.2, 0.25) is 0 Å². The number of rotatable bonds is 8. The van der Waals surface area contributed by atoms with Crippen molar-refractivity contribution in [2.24, 2.45) is 4.99 Å².